The molecule has 0 aliphatic heterocycles. The molecule has 0 spiro atoms. The number of benzene rings is 2. The van der Waals surface area contributed by atoms with Crippen LogP contribution in [0.5, 0.6) is 0 Å². The minimum atomic E-state index is -0.896. The van der Waals surface area contributed by atoms with E-state index in [-0.39, 0.29) is 6.61 Å². The molecular weight excluding hydrogens is 318 g/mol. The van der Waals surface area contributed by atoms with Crippen molar-refractivity contribution < 1.29 is 9.53 Å². The summed E-state index contributed by atoms with van der Waals surface area (Å²) in [5.74, 6) is -1.43. The molecular formula is C16H12BrNO2. The normalized spacial score (nSPS) is 11.4. The first kappa shape index (κ1) is 14.3. The van der Waals surface area contributed by atoms with Crippen molar-refractivity contribution >= 4 is 21.9 Å². The molecule has 0 radical (unpaired) electrons. The third kappa shape index (κ3) is 3.69. The van der Waals surface area contributed by atoms with Crippen LogP contribution in [0, 0.1) is 11.3 Å². The van der Waals surface area contributed by atoms with Crippen molar-refractivity contribution in [1.82, 2.24) is 0 Å². The molecule has 0 bridgehead atoms. The van der Waals surface area contributed by atoms with Gasteiger partial charge in [-0.05, 0) is 23.3 Å². The van der Waals surface area contributed by atoms with E-state index in [0.29, 0.717) is 5.56 Å². The summed E-state index contributed by atoms with van der Waals surface area (Å²) in [5, 5.41) is 9.15. The highest BCUT2D eigenvalue weighted by Crippen LogP contribution is 2.20. The van der Waals surface area contributed by atoms with E-state index in [2.05, 4.69) is 15.9 Å². The molecule has 1 atom stereocenters. The number of carbonyl (C=O) groups is 1. The highest BCUT2D eigenvalue weighted by molar-refractivity contribution is 9.10. The van der Waals surface area contributed by atoms with E-state index in [4.69, 9.17) is 10.00 Å². The Labute approximate surface area is 125 Å². The van der Waals surface area contributed by atoms with Gasteiger partial charge in [0.1, 0.15) is 6.61 Å². The minimum Gasteiger partial charge on any atom is -0.460 e. The van der Waals surface area contributed by atoms with Crippen molar-refractivity contribution in [2.24, 2.45) is 0 Å². The Morgan fingerprint density at radius 2 is 1.80 bits per heavy atom. The van der Waals surface area contributed by atoms with Gasteiger partial charge >= 0.3 is 5.97 Å². The van der Waals surface area contributed by atoms with Gasteiger partial charge in [-0.3, -0.25) is 4.79 Å². The lowest BCUT2D eigenvalue weighted by molar-refractivity contribution is -0.145. The molecule has 2 aromatic rings. The summed E-state index contributed by atoms with van der Waals surface area (Å²) in [5.41, 5.74) is 1.53. The van der Waals surface area contributed by atoms with E-state index in [1.54, 1.807) is 24.3 Å². The Balaban J connectivity index is 2.03. The number of nitriles is 1. The lowest BCUT2D eigenvalue weighted by Gasteiger charge is -2.10. The number of hydrogen-bond donors (Lipinski definition) is 0. The van der Waals surface area contributed by atoms with E-state index in [9.17, 15) is 4.79 Å². The fourth-order valence-electron chi connectivity index (χ4n) is 1.73. The maximum absolute atomic E-state index is 12.0. The van der Waals surface area contributed by atoms with Crippen LogP contribution in [-0.4, -0.2) is 5.97 Å². The van der Waals surface area contributed by atoms with Gasteiger partial charge < -0.3 is 4.74 Å². The number of esters is 1. The van der Waals surface area contributed by atoms with Gasteiger partial charge in [0.2, 0.25) is 0 Å². The average molecular weight is 330 g/mol. The third-order valence-corrected chi connectivity index (χ3v) is 3.32. The molecule has 0 aromatic heterocycles. The molecule has 0 aliphatic carbocycles. The van der Waals surface area contributed by atoms with E-state index in [1.165, 1.54) is 0 Å². The maximum atomic E-state index is 12.0. The summed E-state index contributed by atoms with van der Waals surface area (Å²) >= 11 is 3.32. The van der Waals surface area contributed by atoms with Crippen molar-refractivity contribution in [3.63, 3.8) is 0 Å². The monoisotopic (exact) mass is 329 g/mol. The fourth-order valence-corrected chi connectivity index (χ4v) is 1.99. The highest BCUT2D eigenvalue weighted by atomic mass is 79.9. The van der Waals surface area contributed by atoms with E-state index >= 15 is 0 Å². The number of halogens is 1. The van der Waals surface area contributed by atoms with Crippen molar-refractivity contribution in [2.45, 2.75) is 12.5 Å². The number of nitrogens with zero attached hydrogens (tertiary/aromatic N) is 1. The second kappa shape index (κ2) is 6.88. The van der Waals surface area contributed by atoms with Gasteiger partial charge in [0.05, 0.1) is 6.07 Å². The summed E-state index contributed by atoms with van der Waals surface area (Å²) in [7, 11) is 0. The summed E-state index contributed by atoms with van der Waals surface area (Å²) < 4.78 is 6.09. The highest BCUT2D eigenvalue weighted by Gasteiger charge is 2.21. The predicted molar refractivity (Wildman–Crippen MR) is 78.7 cm³/mol. The van der Waals surface area contributed by atoms with Gasteiger partial charge in [0.25, 0.3) is 0 Å². The Morgan fingerprint density at radius 3 is 2.40 bits per heavy atom. The Morgan fingerprint density at radius 1 is 1.15 bits per heavy atom. The molecule has 0 heterocycles. The van der Waals surface area contributed by atoms with Crippen LogP contribution >= 0.6 is 15.9 Å². The van der Waals surface area contributed by atoms with Crippen LogP contribution in [0.15, 0.2) is 59.1 Å². The molecule has 0 saturated heterocycles. The lowest BCUT2D eigenvalue weighted by atomic mass is 10.0. The lowest BCUT2D eigenvalue weighted by Crippen LogP contribution is -2.14. The fraction of sp³-hybridized carbons (Fsp3) is 0.125. The standard InChI is InChI=1S/C16H12BrNO2/c17-14-8-6-13(7-9-14)15(10-18)16(19)20-11-12-4-2-1-3-5-12/h1-9,15H,11H2. The van der Waals surface area contributed by atoms with Gasteiger partial charge in [-0.15, -0.1) is 0 Å². The summed E-state index contributed by atoms with van der Waals surface area (Å²) in [6.07, 6.45) is 0. The van der Waals surface area contributed by atoms with E-state index in [0.717, 1.165) is 10.0 Å². The zero-order chi connectivity index (χ0) is 14.4. The summed E-state index contributed by atoms with van der Waals surface area (Å²) in [6, 6.07) is 18.4. The number of rotatable bonds is 4. The van der Waals surface area contributed by atoms with Crippen molar-refractivity contribution in [3.05, 3.63) is 70.2 Å². The average Bonchev–Trinajstić information content (AvgIpc) is 2.49. The molecule has 0 fully saturated rings. The molecule has 1 unspecified atom stereocenters. The second-order valence-corrected chi connectivity index (χ2v) is 5.12. The second-order valence-electron chi connectivity index (χ2n) is 4.21. The first-order valence-corrected chi connectivity index (χ1v) is 6.85. The van der Waals surface area contributed by atoms with Crippen LogP contribution in [0.1, 0.15) is 17.0 Å². The van der Waals surface area contributed by atoms with Gasteiger partial charge in [0, 0.05) is 4.47 Å². The van der Waals surface area contributed by atoms with Crippen molar-refractivity contribution in [1.29, 1.82) is 5.26 Å². The molecule has 0 aliphatic rings. The van der Waals surface area contributed by atoms with E-state index in [1.807, 2.05) is 36.4 Å². The van der Waals surface area contributed by atoms with Crippen LogP contribution in [-0.2, 0) is 16.1 Å². The predicted octanol–water partition coefficient (Wildman–Crippen LogP) is 3.80. The third-order valence-electron chi connectivity index (χ3n) is 2.79. The van der Waals surface area contributed by atoms with Crippen LogP contribution in [0.25, 0.3) is 0 Å². The first-order valence-electron chi connectivity index (χ1n) is 6.06. The minimum absolute atomic E-state index is 0.175. The summed E-state index contributed by atoms with van der Waals surface area (Å²) in [4.78, 5) is 12.0. The number of carbonyl (C=O) groups excluding carboxylic acids is 1. The molecule has 0 saturated carbocycles. The van der Waals surface area contributed by atoms with Crippen LogP contribution in [0.2, 0.25) is 0 Å². The zero-order valence-electron chi connectivity index (χ0n) is 10.6. The van der Waals surface area contributed by atoms with Gasteiger partial charge in [0.15, 0.2) is 5.92 Å². The SMILES string of the molecule is N#CC(C(=O)OCc1ccccc1)c1ccc(Br)cc1. The first-order chi connectivity index (χ1) is 9.70. The van der Waals surface area contributed by atoms with Crippen LogP contribution < -0.4 is 0 Å². The Kier molecular flexibility index (Phi) is 4.91. The molecule has 2 rings (SSSR count). The quantitative estimate of drug-likeness (QED) is 0.801. The topological polar surface area (TPSA) is 50.1 Å². The smallest absolute Gasteiger partial charge is 0.328 e. The molecule has 100 valence electrons. The molecule has 0 N–H and O–H groups in total. The van der Waals surface area contributed by atoms with Gasteiger partial charge in [-0.1, -0.05) is 58.4 Å². The maximum Gasteiger partial charge on any atom is 0.328 e. The Bertz CT molecular complexity index is 617. The van der Waals surface area contributed by atoms with Gasteiger partial charge in [-0.2, -0.15) is 5.26 Å². The largest absolute Gasteiger partial charge is 0.460 e. The van der Waals surface area contributed by atoms with Crippen LogP contribution in [0.3, 0.4) is 0 Å². The molecule has 0 amide bonds. The molecule has 3 nitrogen and oxygen atoms in total. The van der Waals surface area contributed by atoms with Crippen molar-refractivity contribution in [2.75, 3.05) is 0 Å². The number of hydrogen-bond acceptors (Lipinski definition) is 3. The molecule has 20 heavy (non-hydrogen) atoms. The summed E-state index contributed by atoms with van der Waals surface area (Å²) in [6.45, 7) is 0.175. The Hall–Kier alpha value is -2.12. The van der Waals surface area contributed by atoms with Crippen molar-refractivity contribution in [3.8, 4) is 6.07 Å². The molecule has 4 heteroatoms. The van der Waals surface area contributed by atoms with Gasteiger partial charge in [-0.25, -0.2) is 0 Å². The van der Waals surface area contributed by atoms with Crippen LogP contribution in [0.4, 0.5) is 0 Å². The number of ether oxygens (including phenoxy) is 1. The van der Waals surface area contributed by atoms with E-state index < -0.39 is 11.9 Å². The zero-order valence-corrected chi connectivity index (χ0v) is 12.2. The molecule has 2 aromatic carbocycles.